The van der Waals surface area contributed by atoms with Gasteiger partial charge in [0.1, 0.15) is 11.6 Å². The van der Waals surface area contributed by atoms with Crippen LogP contribution in [-0.4, -0.2) is 61.1 Å². The molecule has 0 bridgehead atoms. The molecule has 3 aromatic rings. The number of hydrogen-bond donors (Lipinski definition) is 1. The maximum atomic E-state index is 11.6. The van der Waals surface area contributed by atoms with Crippen molar-refractivity contribution in [2.45, 2.75) is 19.3 Å². The monoisotopic (exact) mass is 549 g/mol. The summed E-state index contributed by atoms with van der Waals surface area (Å²) in [5.74, 6) is 1.39. The van der Waals surface area contributed by atoms with Crippen LogP contribution in [0.5, 0.6) is 5.75 Å². The van der Waals surface area contributed by atoms with Crippen LogP contribution in [0, 0.1) is 0 Å². The summed E-state index contributed by atoms with van der Waals surface area (Å²) in [5, 5.41) is 2.81. The lowest BCUT2D eigenvalue weighted by Crippen LogP contribution is -2.44. The Kier molecular flexibility index (Phi) is 8.72. The number of carbonyl (C=O) groups is 1. The summed E-state index contributed by atoms with van der Waals surface area (Å²) < 4.78 is 6.63. The van der Waals surface area contributed by atoms with E-state index in [0.717, 1.165) is 77.6 Å². The average molecular weight is 551 g/mol. The number of likely N-dealkylation sites (N-methyl/N-ethyl adjacent to an activating group) is 1. The summed E-state index contributed by atoms with van der Waals surface area (Å²) in [6, 6.07) is 14.2. The van der Waals surface area contributed by atoms with Gasteiger partial charge in [0.2, 0.25) is 5.91 Å². The summed E-state index contributed by atoms with van der Waals surface area (Å²) in [6.45, 7) is 7.66. The van der Waals surface area contributed by atoms with Crippen molar-refractivity contribution < 1.29 is 9.53 Å². The predicted molar refractivity (Wildman–Crippen MR) is 148 cm³/mol. The maximum Gasteiger partial charge on any atom is 0.247 e. The van der Waals surface area contributed by atoms with Gasteiger partial charge in [0.15, 0.2) is 0 Å². The van der Waals surface area contributed by atoms with Crippen LogP contribution < -0.4 is 15.0 Å². The van der Waals surface area contributed by atoms with E-state index in [4.69, 9.17) is 9.72 Å². The van der Waals surface area contributed by atoms with Gasteiger partial charge in [-0.15, -0.1) is 0 Å². The lowest BCUT2D eigenvalue weighted by molar-refractivity contribution is -0.111. The largest absolute Gasteiger partial charge is 0.496 e. The third-order valence-corrected chi connectivity index (χ3v) is 7.05. The molecule has 0 spiro atoms. The van der Waals surface area contributed by atoms with Gasteiger partial charge in [-0.1, -0.05) is 24.8 Å². The standard InChI is InChI=1S/C28H32BrN5O2/c1-4-28(35)31-22-7-5-6-20(16-22)8-11-25-24(29)19-30-27(32-25)17-21-9-10-23(18-26(21)36-3)34-14-12-33(2)13-15-34/h4-7,9-10,16,18-19H,1,8,11-15,17H2,2-3H3,(H,31,35). The van der Waals surface area contributed by atoms with Gasteiger partial charge in [-0.25, -0.2) is 9.97 Å². The second kappa shape index (κ2) is 12.1. The molecule has 0 saturated carbocycles. The number of amides is 1. The van der Waals surface area contributed by atoms with Crippen molar-refractivity contribution in [3.05, 3.63) is 88.4 Å². The molecule has 1 fully saturated rings. The van der Waals surface area contributed by atoms with E-state index in [1.165, 1.54) is 11.8 Å². The minimum atomic E-state index is -0.220. The van der Waals surface area contributed by atoms with Crippen LogP contribution in [0.25, 0.3) is 0 Å². The molecule has 1 amide bonds. The van der Waals surface area contributed by atoms with Gasteiger partial charge in [-0.05, 0) is 65.7 Å². The third-order valence-electron chi connectivity index (χ3n) is 6.38. The number of rotatable bonds is 9. The number of aryl methyl sites for hydroxylation is 2. The lowest BCUT2D eigenvalue weighted by atomic mass is 10.1. The highest BCUT2D eigenvalue weighted by molar-refractivity contribution is 9.10. The van der Waals surface area contributed by atoms with Crippen molar-refractivity contribution in [1.82, 2.24) is 14.9 Å². The molecule has 0 unspecified atom stereocenters. The first kappa shape index (κ1) is 25.9. The molecule has 188 valence electrons. The number of piperazine rings is 1. The van der Waals surface area contributed by atoms with Crippen molar-refractivity contribution in [3.8, 4) is 5.75 Å². The Labute approximate surface area is 221 Å². The number of aromatic nitrogens is 2. The first-order valence-electron chi connectivity index (χ1n) is 12.1. The minimum Gasteiger partial charge on any atom is -0.496 e. The first-order chi connectivity index (χ1) is 17.4. The van der Waals surface area contributed by atoms with Gasteiger partial charge in [-0.2, -0.15) is 0 Å². The number of ether oxygens (including phenoxy) is 1. The normalized spacial score (nSPS) is 13.9. The molecular formula is C28H32BrN5O2. The topological polar surface area (TPSA) is 70.6 Å². The Morgan fingerprint density at radius 3 is 2.72 bits per heavy atom. The quantitative estimate of drug-likeness (QED) is 0.396. The highest BCUT2D eigenvalue weighted by Gasteiger charge is 2.17. The van der Waals surface area contributed by atoms with Gasteiger partial charge in [0.05, 0.1) is 17.3 Å². The van der Waals surface area contributed by atoms with Crippen LogP contribution in [0.1, 0.15) is 22.6 Å². The van der Waals surface area contributed by atoms with E-state index in [1.807, 2.05) is 30.5 Å². The summed E-state index contributed by atoms with van der Waals surface area (Å²) in [4.78, 5) is 25.8. The number of hydrogen-bond acceptors (Lipinski definition) is 6. The van der Waals surface area contributed by atoms with E-state index in [-0.39, 0.29) is 5.91 Å². The predicted octanol–water partition coefficient (Wildman–Crippen LogP) is 4.50. The SMILES string of the molecule is C=CC(=O)Nc1cccc(CCc2nc(Cc3ccc(N4CCN(C)CC4)cc3OC)ncc2Br)c1. The van der Waals surface area contributed by atoms with Crippen LogP contribution in [0.3, 0.4) is 0 Å². The number of nitrogens with one attached hydrogen (secondary N) is 1. The van der Waals surface area contributed by atoms with E-state index in [1.54, 1.807) is 7.11 Å². The van der Waals surface area contributed by atoms with E-state index >= 15 is 0 Å². The van der Waals surface area contributed by atoms with Crippen molar-refractivity contribution in [1.29, 1.82) is 0 Å². The van der Waals surface area contributed by atoms with E-state index in [2.05, 4.69) is 67.9 Å². The summed E-state index contributed by atoms with van der Waals surface area (Å²) >= 11 is 3.61. The number of nitrogens with zero attached hydrogens (tertiary/aromatic N) is 4. The Hall–Kier alpha value is -3.23. The summed E-state index contributed by atoms with van der Waals surface area (Å²) in [6.07, 6.45) is 5.21. The van der Waals surface area contributed by atoms with Crippen molar-refractivity contribution in [3.63, 3.8) is 0 Å². The number of benzene rings is 2. The molecule has 1 N–H and O–H groups in total. The number of carbonyl (C=O) groups excluding carboxylic acids is 1. The van der Waals surface area contributed by atoms with E-state index < -0.39 is 0 Å². The Morgan fingerprint density at radius 2 is 1.97 bits per heavy atom. The van der Waals surface area contributed by atoms with Crippen LogP contribution >= 0.6 is 15.9 Å². The smallest absolute Gasteiger partial charge is 0.247 e. The molecule has 0 radical (unpaired) electrons. The molecule has 7 nitrogen and oxygen atoms in total. The zero-order valence-electron chi connectivity index (χ0n) is 20.8. The fourth-order valence-electron chi connectivity index (χ4n) is 4.28. The molecule has 2 heterocycles. The van der Waals surface area contributed by atoms with Gasteiger partial charge >= 0.3 is 0 Å². The average Bonchev–Trinajstić information content (AvgIpc) is 2.89. The zero-order chi connectivity index (χ0) is 25.5. The Bertz CT molecular complexity index is 1220. The maximum absolute atomic E-state index is 11.6. The first-order valence-corrected chi connectivity index (χ1v) is 12.9. The van der Waals surface area contributed by atoms with Crippen LogP contribution in [0.4, 0.5) is 11.4 Å². The Balaban J connectivity index is 1.44. The molecule has 1 saturated heterocycles. The molecule has 0 atom stereocenters. The lowest BCUT2D eigenvalue weighted by Gasteiger charge is -2.34. The molecular weight excluding hydrogens is 518 g/mol. The molecule has 0 aliphatic carbocycles. The summed E-state index contributed by atoms with van der Waals surface area (Å²) in [7, 11) is 3.88. The second-order valence-electron chi connectivity index (χ2n) is 8.94. The van der Waals surface area contributed by atoms with Crippen molar-refractivity contribution in [2.75, 3.05) is 50.6 Å². The highest BCUT2D eigenvalue weighted by atomic mass is 79.9. The molecule has 4 rings (SSSR count). The van der Waals surface area contributed by atoms with Crippen LogP contribution in [0.15, 0.2) is 65.8 Å². The fraction of sp³-hybridized carbons (Fsp3) is 0.321. The molecule has 36 heavy (non-hydrogen) atoms. The zero-order valence-corrected chi connectivity index (χ0v) is 22.4. The number of anilines is 2. The van der Waals surface area contributed by atoms with Crippen LogP contribution in [0.2, 0.25) is 0 Å². The second-order valence-corrected chi connectivity index (χ2v) is 9.79. The van der Waals surface area contributed by atoms with E-state index in [9.17, 15) is 4.79 Å². The summed E-state index contributed by atoms with van der Waals surface area (Å²) in [5.41, 5.74) is 5.08. The molecule has 1 aliphatic heterocycles. The third kappa shape index (κ3) is 6.71. The highest BCUT2D eigenvalue weighted by Crippen LogP contribution is 2.28. The molecule has 2 aromatic carbocycles. The molecule has 8 heteroatoms. The van der Waals surface area contributed by atoms with Gasteiger partial charge < -0.3 is 19.9 Å². The Morgan fingerprint density at radius 1 is 1.17 bits per heavy atom. The minimum absolute atomic E-state index is 0.220. The molecule has 1 aromatic heterocycles. The molecule has 1 aliphatic rings. The van der Waals surface area contributed by atoms with Crippen LogP contribution in [-0.2, 0) is 24.1 Å². The van der Waals surface area contributed by atoms with Crippen molar-refractivity contribution in [2.24, 2.45) is 0 Å². The van der Waals surface area contributed by atoms with Gasteiger partial charge in [-0.3, -0.25) is 4.79 Å². The fourth-order valence-corrected chi connectivity index (χ4v) is 4.67. The number of methoxy groups -OCH3 is 1. The number of halogens is 1. The van der Waals surface area contributed by atoms with Gasteiger partial charge in [0, 0.05) is 61.8 Å². The van der Waals surface area contributed by atoms with E-state index in [0.29, 0.717) is 6.42 Å². The van der Waals surface area contributed by atoms with Gasteiger partial charge in [0.25, 0.3) is 0 Å². The van der Waals surface area contributed by atoms with Crippen molar-refractivity contribution >= 4 is 33.2 Å².